The first kappa shape index (κ1) is 106. The summed E-state index contributed by atoms with van der Waals surface area (Å²) in [6.07, 6.45) is 14.1. The van der Waals surface area contributed by atoms with E-state index in [1.54, 1.807) is 83.2 Å². The number of ether oxygens (including phenoxy) is 20. The number of aromatic nitrogens is 2. The van der Waals surface area contributed by atoms with Crippen LogP contribution in [0.1, 0.15) is 80.6 Å². The van der Waals surface area contributed by atoms with Gasteiger partial charge >= 0.3 is 66.0 Å². The SMILES string of the molecule is CC#N.CC#N.COCCOc1cc2c(OCCOC)cc1Cc1cc(OCCOC)c(cc1OCCOC)Cc1cc(OCCOC)c(cc1OCCOC)Cc1cc(OCCOC)c(cc1OCCOC)Cc1cc(OCCOC)c(cc1OCCOC)C2.C[n+]1ccc(/C=C/c2cc[n+](C)cc2)cc1.F[P-](F)(F)(F)(F)F.F[P-](F)(F)(F)(F)F. The predicted molar refractivity (Wildman–Crippen MR) is 434 cm³/mol. The molecular weight excluding hydrogens is 1660 g/mol. The number of aryl methyl sites for hydroxylation is 2. The zero-order valence-electron chi connectivity index (χ0n) is 70.6. The number of benzene rings is 5. The van der Waals surface area contributed by atoms with E-state index in [1.807, 2.05) is 109 Å². The van der Waals surface area contributed by atoms with E-state index in [1.165, 1.54) is 25.0 Å². The van der Waals surface area contributed by atoms with Crippen LogP contribution in [0.25, 0.3) is 12.2 Å². The molecule has 678 valence electrons. The predicted octanol–water partition coefficient (Wildman–Crippen LogP) is 17.5. The molecule has 0 saturated heterocycles. The molecule has 10 bridgehead atoms. The molecule has 0 atom stereocenters. The first-order valence-corrected chi connectivity index (χ1v) is 41.6. The van der Waals surface area contributed by atoms with Crippen molar-refractivity contribution in [3.63, 3.8) is 0 Å². The summed E-state index contributed by atoms with van der Waals surface area (Å²) >= 11 is 0. The van der Waals surface area contributed by atoms with E-state index in [0.29, 0.717) is 156 Å². The maximum atomic E-state index is 9.87. The van der Waals surface area contributed by atoms with Crippen LogP contribution in [0.5, 0.6) is 57.5 Å². The number of pyridine rings is 2. The first-order chi connectivity index (χ1) is 57.2. The van der Waals surface area contributed by atoms with Gasteiger partial charge in [0.1, 0.15) is 138 Å². The minimum atomic E-state index is -10.7. The second-order valence-corrected chi connectivity index (χ2v) is 29.8. The van der Waals surface area contributed by atoms with Gasteiger partial charge in [0, 0.05) is 197 Å². The van der Waals surface area contributed by atoms with Gasteiger partial charge in [0.15, 0.2) is 24.8 Å². The molecule has 0 radical (unpaired) electrons. The van der Waals surface area contributed by atoms with E-state index in [0.717, 1.165) is 55.6 Å². The van der Waals surface area contributed by atoms with Crippen LogP contribution in [0.3, 0.4) is 0 Å². The summed E-state index contributed by atoms with van der Waals surface area (Å²) in [7, 11) is -0.832. The van der Waals surface area contributed by atoms with Crippen LogP contribution >= 0.6 is 15.6 Å². The molecule has 2 aromatic heterocycles. The van der Waals surface area contributed by atoms with Crippen LogP contribution in [0.15, 0.2) is 110 Å². The fourth-order valence-corrected chi connectivity index (χ4v) is 10.8. The number of hydrogen-bond acceptors (Lipinski definition) is 22. The molecule has 0 saturated carbocycles. The molecule has 24 nitrogen and oxygen atoms in total. The molecule has 2 heterocycles. The molecule has 5 aromatic carbocycles. The van der Waals surface area contributed by atoms with E-state index < -0.39 is 15.6 Å². The summed E-state index contributed by atoms with van der Waals surface area (Å²) in [4.78, 5) is 0. The Bertz CT molecular complexity index is 3610. The van der Waals surface area contributed by atoms with Crippen molar-refractivity contribution in [3.05, 3.63) is 176 Å². The maximum absolute atomic E-state index is 10.7. The second kappa shape index (κ2) is 52.3. The Kier molecular flexibility index (Phi) is 45.8. The third-order valence-electron chi connectivity index (χ3n) is 16.0. The second-order valence-electron chi connectivity index (χ2n) is 25.9. The minimum absolute atomic E-state index is 0.272. The third-order valence-corrected chi connectivity index (χ3v) is 16.0. The van der Waals surface area contributed by atoms with Crippen molar-refractivity contribution in [1.82, 2.24) is 0 Å². The summed E-state index contributed by atoms with van der Waals surface area (Å²) in [6, 6.07) is 32.2. The summed E-state index contributed by atoms with van der Waals surface area (Å²) < 4.78 is 244. The molecule has 17 rings (SSSR count). The zero-order valence-corrected chi connectivity index (χ0v) is 72.4. The summed E-state index contributed by atoms with van der Waals surface area (Å²) in [5.41, 5.74) is 10.6. The number of halogens is 12. The topological polar surface area (TPSA) is 240 Å². The fraction of sp³-hybridized carbons (Fsp3) is 0.470. The average molecular weight is 1780 g/mol. The van der Waals surface area contributed by atoms with E-state index in [2.05, 4.69) is 36.4 Å². The molecule has 0 unspecified atom stereocenters. The van der Waals surface area contributed by atoms with E-state index in [4.69, 9.17) is 105 Å². The number of rotatable bonds is 42. The van der Waals surface area contributed by atoms with Crippen molar-refractivity contribution in [2.24, 2.45) is 14.1 Å². The van der Waals surface area contributed by atoms with Gasteiger partial charge < -0.3 is 94.7 Å². The van der Waals surface area contributed by atoms with E-state index in [9.17, 15) is 50.4 Å². The fourth-order valence-electron chi connectivity index (χ4n) is 10.8. The molecule has 7 aromatic rings. The summed E-state index contributed by atoms with van der Waals surface area (Å²) in [5.74, 6) is 6.18. The number of methoxy groups -OCH3 is 10. The Morgan fingerprint density at radius 3 is 0.463 bits per heavy atom. The van der Waals surface area contributed by atoms with E-state index in [-0.39, 0.29) is 66.1 Å². The Hall–Kier alpha value is -9.26. The van der Waals surface area contributed by atoms with Gasteiger partial charge in [0.05, 0.1) is 78.2 Å². The molecule has 0 spiro atoms. The first-order valence-electron chi connectivity index (χ1n) is 37.5. The molecule has 0 aliphatic heterocycles. The van der Waals surface area contributed by atoms with Gasteiger partial charge in [0.2, 0.25) is 0 Å². The van der Waals surface area contributed by atoms with Gasteiger partial charge in [-0.1, -0.05) is 12.2 Å². The van der Waals surface area contributed by atoms with Crippen molar-refractivity contribution < 1.29 is 154 Å². The summed E-state index contributed by atoms with van der Waals surface area (Å²) in [6.45, 7) is 9.05. The molecule has 10 aliphatic rings. The van der Waals surface area contributed by atoms with Crippen molar-refractivity contribution in [1.29, 1.82) is 10.5 Å². The Morgan fingerprint density at radius 2 is 0.364 bits per heavy atom. The Morgan fingerprint density at radius 1 is 0.256 bits per heavy atom. The molecule has 0 fully saturated rings. The zero-order chi connectivity index (χ0) is 90.0. The van der Waals surface area contributed by atoms with Crippen molar-refractivity contribution in [3.8, 4) is 69.6 Å². The van der Waals surface area contributed by atoms with Crippen LogP contribution in [-0.2, 0) is 93.6 Å². The van der Waals surface area contributed by atoms with Gasteiger partial charge in [-0.3, -0.25) is 0 Å². The van der Waals surface area contributed by atoms with Crippen LogP contribution < -0.4 is 56.5 Å². The van der Waals surface area contributed by atoms with Crippen LogP contribution in [-0.4, -0.2) is 203 Å². The molecule has 121 heavy (non-hydrogen) atoms. The van der Waals surface area contributed by atoms with Crippen molar-refractivity contribution >= 4 is 27.8 Å². The van der Waals surface area contributed by atoms with Gasteiger partial charge in [-0.05, 0) is 71.8 Å². The molecular formula is C83H112F12N4O20P2. The standard InChI is InChI=1S/C65H90O20.C14H16N2.2C2H3N.2F6P/c1-66-11-21-76-56-36-47-32-49-39-61(81-26-16-71-6)51(41-60(49)80-25-15-70-5)34-53-43-65(85-30-20-75-10)55(45-64(53)84-29-19-74-9)35-54-44-62(82-27-17-72-7)52(42-63(54)83-28-18-73-8)33-50-40-58(78-23-13-68-3)48(38-59(50)79-24-14-69-4)31-46(56)37-57(47)77-22-12-67-2;1-15-9-5-13(6-10-15)3-4-14-7-11-16(2)12-8-14;2*1-2-3;2*1-7(2,3,4,5)6/h36-45H,11-35H2,1-10H3;3-12H,1-2H3;2*1H3;;/q;+2;;;2*-1/b;4-3+;;;;. The average Bonchev–Trinajstić information content (AvgIpc) is 1.57. The van der Waals surface area contributed by atoms with Gasteiger partial charge in [-0.15, -0.1) is 0 Å². The quantitative estimate of drug-likeness (QED) is 0.0149. The monoisotopic (exact) mass is 1770 g/mol. The van der Waals surface area contributed by atoms with Gasteiger partial charge in [-0.25, -0.2) is 9.13 Å². The molecule has 0 amide bonds. The summed E-state index contributed by atoms with van der Waals surface area (Å²) in [5, 5.41) is 14.6. The van der Waals surface area contributed by atoms with Crippen molar-refractivity contribution in [2.75, 3.05) is 203 Å². The molecule has 0 N–H and O–H groups in total. The number of nitrogens with zero attached hydrogens (tertiary/aromatic N) is 4. The van der Waals surface area contributed by atoms with Crippen LogP contribution in [0, 0.1) is 22.7 Å². The van der Waals surface area contributed by atoms with Gasteiger partial charge in [0.25, 0.3) is 0 Å². The van der Waals surface area contributed by atoms with Crippen LogP contribution in [0.4, 0.5) is 50.4 Å². The number of hydrogen-bond donors (Lipinski definition) is 0. The molecule has 38 heteroatoms. The van der Waals surface area contributed by atoms with Crippen molar-refractivity contribution in [2.45, 2.75) is 46.0 Å². The number of nitriles is 2. The molecule has 10 aliphatic carbocycles. The van der Waals surface area contributed by atoms with E-state index >= 15 is 0 Å². The third kappa shape index (κ3) is 47.7. The van der Waals surface area contributed by atoms with Gasteiger partial charge in [-0.2, -0.15) is 10.5 Å². The Labute approximate surface area is 699 Å². The Balaban J connectivity index is 0.000000861. The normalized spacial score (nSPS) is 12.8. The van der Waals surface area contributed by atoms with Crippen LogP contribution in [0.2, 0.25) is 0 Å².